The zero-order chi connectivity index (χ0) is 21.7. The standard InChI is InChI=1S/C23H30N2O4S/c1-17-8-13-22(18(2)16-17)29-19(3)23(26)24-20-9-11-21(12-10-20)30(27,28)25-14-6-4-5-7-15-25/h8-13,16,19H,4-7,14-15H2,1-3H3,(H,24,26)/t19-/m1/s1. The van der Waals surface area contributed by atoms with Gasteiger partial charge in [0.1, 0.15) is 5.75 Å². The number of rotatable bonds is 6. The number of carbonyl (C=O) groups excluding carboxylic acids is 1. The first kappa shape index (κ1) is 22.3. The van der Waals surface area contributed by atoms with Crippen molar-refractivity contribution in [3.05, 3.63) is 53.6 Å². The molecular weight excluding hydrogens is 400 g/mol. The van der Waals surface area contributed by atoms with E-state index in [0.29, 0.717) is 24.5 Å². The van der Waals surface area contributed by atoms with Crippen molar-refractivity contribution in [1.29, 1.82) is 0 Å². The Morgan fingerprint density at radius 1 is 1.00 bits per heavy atom. The molecule has 0 bridgehead atoms. The molecule has 1 aliphatic heterocycles. The number of nitrogens with zero attached hydrogens (tertiary/aromatic N) is 1. The number of hydrogen-bond acceptors (Lipinski definition) is 4. The van der Waals surface area contributed by atoms with Crippen molar-refractivity contribution in [3.8, 4) is 5.75 Å². The maximum atomic E-state index is 12.9. The topological polar surface area (TPSA) is 75.7 Å². The van der Waals surface area contributed by atoms with Crippen LogP contribution < -0.4 is 10.1 Å². The fourth-order valence-electron chi connectivity index (χ4n) is 3.56. The highest BCUT2D eigenvalue weighted by Crippen LogP contribution is 2.23. The van der Waals surface area contributed by atoms with Crippen molar-refractivity contribution in [2.75, 3.05) is 18.4 Å². The van der Waals surface area contributed by atoms with Gasteiger partial charge in [-0.2, -0.15) is 4.31 Å². The molecule has 1 atom stereocenters. The lowest BCUT2D eigenvalue weighted by atomic mass is 10.1. The predicted molar refractivity (Wildman–Crippen MR) is 118 cm³/mol. The summed E-state index contributed by atoms with van der Waals surface area (Å²) in [6, 6.07) is 12.1. The molecule has 0 aliphatic carbocycles. The van der Waals surface area contributed by atoms with Crippen LogP contribution in [0.25, 0.3) is 0 Å². The van der Waals surface area contributed by atoms with Crippen LogP contribution in [0.2, 0.25) is 0 Å². The van der Waals surface area contributed by atoms with Crippen molar-refractivity contribution in [2.24, 2.45) is 0 Å². The van der Waals surface area contributed by atoms with Crippen LogP contribution in [0.5, 0.6) is 5.75 Å². The number of ether oxygens (including phenoxy) is 1. The van der Waals surface area contributed by atoms with Gasteiger partial charge in [0.15, 0.2) is 6.10 Å². The Hall–Kier alpha value is -2.38. The number of amides is 1. The van der Waals surface area contributed by atoms with Gasteiger partial charge in [0.25, 0.3) is 5.91 Å². The largest absolute Gasteiger partial charge is 0.481 e. The van der Waals surface area contributed by atoms with E-state index in [2.05, 4.69) is 5.32 Å². The lowest BCUT2D eigenvalue weighted by Gasteiger charge is -2.20. The van der Waals surface area contributed by atoms with Crippen LogP contribution >= 0.6 is 0 Å². The second kappa shape index (κ2) is 9.62. The molecule has 6 nitrogen and oxygen atoms in total. The van der Waals surface area contributed by atoms with Crippen LogP contribution in [0.3, 0.4) is 0 Å². The second-order valence-electron chi connectivity index (χ2n) is 7.86. The smallest absolute Gasteiger partial charge is 0.265 e. The summed E-state index contributed by atoms with van der Waals surface area (Å²) >= 11 is 0. The zero-order valence-corrected chi connectivity index (χ0v) is 18.7. The van der Waals surface area contributed by atoms with Gasteiger partial charge in [-0.15, -0.1) is 0 Å². The van der Waals surface area contributed by atoms with Crippen molar-refractivity contribution >= 4 is 21.6 Å². The van der Waals surface area contributed by atoms with Crippen molar-refractivity contribution in [1.82, 2.24) is 4.31 Å². The SMILES string of the molecule is Cc1ccc(O[C@H](C)C(=O)Nc2ccc(S(=O)(=O)N3CCCCCC3)cc2)c(C)c1. The second-order valence-corrected chi connectivity index (χ2v) is 9.80. The summed E-state index contributed by atoms with van der Waals surface area (Å²) in [5.41, 5.74) is 2.63. The monoisotopic (exact) mass is 430 g/mol. The number of benzene rings is 2. The first-order valence-corrected chi connectivity index (χ1v) is 11.9. The highest BCUT2D eigenvalue weighted by molar-refractivity contribution is 7.89. The van der Waals surface area contributed by atoms with Gasteiger partial charge in [0.2, 0.25) is 10.0 Å². The van der Waals surface area contributed by atoms with E-state index in [1.54, 1.807) is 35.5 Å². The molecule has 3 rings (SSSR count). The maximum absolute atomic E-state index is 12.9. The summed E-state index contributed by atoms with van der Waals surface area (Å²) in [5, 5.41) is 2.79. The Morgan fingerprint density at radius 3 is 2.23 bits per heavy atom. The van der Waals surface area contributed by atoms with Crippen molar-refractivity contribution in [3.63, 3.8) is 0 Å². The molecule has 1 N–H and O–H groups in total. The van der Waals surface area contributed by atoms with Gasteiger partial charge in [-0.3, -0.25) is 4.79 Å². The van der Waals surface area contributed by atoms with E-state index >= 15 is 0 Å². The molecule has 0 unspecified atom stereocenters. The lowest BCUT2D eigenvalue weighted by Crippen LogP contribution is -2.32. The number of anilines is 1. The number of hydrogen-bond donors (Lipinski definition) is 1. The first-order valence-electron chi connectivity index (χ1n) is 10.4. The van der Waals surface area contributed by atoms with E-state index in [-0.39, 0.29) is 10.8 Å². The molecule has 1 aliphatic rings. The summed E-state index contributed by atoms with van der Waals surface area (Å²) in [4.78, 5) is 12.8. The Morgan fingerprint density at radius 2 is 1.63 bits per heavy atom. The van der Waals surface area contributed by atoms with Crippen molar-refractivity contribution in [2.45, 2.75) is 57.5 Å². The molecule has 30 heavy (non-hydrogen) atoms. The average Bonchev–Trinajstić information content (AvgIpc) is 3.00. The van der Waals surface area contributed by atoms with Crippen LogP contribution in [-0.4, -0.2) is 37.8 Å². The number of carbonyl (C=O) groups is 1. The van der Waals surface area contributed by atoms with Crippen LogP contribution in [0.1, 0.15) is 43.7 Å². The minimum absolute atomic E-state index is 0.252. The lowest BCUT2D eigenvalue weighted by molar-refractivity contribution is -0.122. The number of aryl methyl sites for hydroxylation is 2. The van der Waals surface area contributed by atoms with Crippen LogP contribution in [0.4, 0.5) is 5.69 Å². The van der Waals surface area contributed by atoms with E-state index in [1.165, 1.54) is 0 Å². The quantitative estimate of drug-likeness (QED) is 0.742. The molecule has 0 saturated carbocycles. The van der Waals surface area contributed by atoms with Crippen molar-refractivity contribution < 1.29 is 17.9 Å². The molecule has 162 valence electrons. The van der Waals surface area contributed by atoms with E-state index in [4.69, 9.17) is 4.74 Å². The fraction of sp³-hybridized carbons (Fsp3) is 0.435. The van der Waals surface area contributed by atoms with E-state index < -0.39 is 16.1 Å². The number of nitrogens with one attached hydrogen (secondary N) is 1. The predicted octanol–water partition coefficient (Wildman–Crippen LogP) is 4.27. The van der Waals surface area contributed by atoms with Crippen LogP contribution in [0, 0.1) is 13.8 Å². The molecule has 2 aromatic carbocycles. The third-order valence-corrected chi connectivity index (χ3v) is 7.24. The first-order chi connectivity index (χ1) is 14.3. The summed E-state index contributed by atoms with van der Waals surface area (Å²) in [5.74, 6) is 0.375. The molecule has 0 radical (unpaired) electrons. The minimum Gasteiger partial charge on any atom is -0.481 e. The third-order valence-electron chi connectivity index (χ3n) is 5.33. The maximum Gasteiger partial charge on any atom is 0.265 e. The summed E-state index contributed by atoms with van der Waals surface area (Å²) in [7, 11) is -3.50. The van der Waals surface area contributed by atoms with Gasteiger partial charge in [0, 0.05) is 18.8 Å². The normalized spacial score (nSPS) is 16.5. The van der Waals surface area contributed by atoms with Gasteiger partial charge in [0.05, 0.1) is 4.90 Å². The van der Waals surface area contributed by atoms with Gasteiger partial charge >= 0.3 is 0 Å². The molecule has 1 amide bonds. The molecule has 1 fully saturated rings. The van der Waals surface area contributed by atoms with Gasteiger partial charge in [-0.05, 0) is 69.5 Å². The number of sulfonamides is 1. The Labute approximate surface area is 179 Å². The fourth-order valence-corrected chi connectivity index (χ4v) is 5.08. The molecular formula is C23H30N2O4S. The zero-order valence-electron chi connectivity index (χ0n) is 17.8. The Bertz CT molecular complexity index is 979. The van der Waals surface area contributed by atoms with E-state index in [9.17, 15) is 13.2 Å². The Kier molecular flexibility index (Phi) is 7.15. The van der Waals surface area contributed by atoms with Gasteiger partial charge in [-0.25, -0.2) is 8.42 Å². The molecule has 2 aromatic rings. The average molecular weight is 431 g/mol. The minimum atomic E-state index is -3.50. The van der Waals surface area contributed by atoms with E-state index in [1.807, 2.05) is 32.0 Å². The molecule has 7 heteroatoms. The molecule has 1 saturated heterocycles. The van der Waals surface area contributed by atoms with Crippen LogP contribution in [-0.2, 0) is 14.8 Å². The Balaban J connectivity index is 1.63. The summed E-state index contributed by atoms with van der Waals surface area (Å²) < 4.78 is 33.1. The summed E-state index contributed by atoms with van der Waals surface area (Å²) in [6.45, 7) is 6.76. The molecule has 0 aromatic heterocycles. The third kappa shape index (κ3) is 5.40. The highest BCUT2D eigenvalue weighted by Gasteiger charge is 2.25. The summed E-state index contributed by atoms with van der Waals surface area (Å²) in [6.07, 6.45) is 3.24. The molecule has 1 heterocycles. The van der Waals surface area contributed by atoms with Gasteiger partial charge < -0.3 is 10.1 Å². The van der Waals surface area contributed by atoms with E-state index in [0.717, 1.165) is 36.8 Å². The van der Waals surface area contributed by atoms with Crippen LogP contribution in [0.15, 0.2) is 47.4 Å². The van der Waals surface area contributed by atoms with Gasteiger partial charge in [-0.1, -0.05) is 30.5 Å². The molecule has 0 spiro atoms. The highest BCUT2D eigenvalue weighted by atomic mass is 32.2.